The molecule has 1 fully saturated rings. The largest absolute Gasteiger partial charge is 0.495 e. The van der Waals surface area contributed by atoms with Gasteiger partial charge in [-0.05, 0) is 50.5 Å². The van der Waals surface area contributed by atoms with E-state index in [2.05, 4.69) is 32.1 Å². The molecule has 2 amide bonds. The van der Waals surface area contributed by atoms with Crippen molar-refractivity contribution in [1.82, 2.24) is 4.90 Å². The highest BCUT2D eigenvalue weighted by atomic mass is 16.5. The molecule has 2 rings (SSSR count). The summed E-state index contributed by atoms with van der Waals surface area (Å²) in [4.78, 5) is 13.4. The lowest BCUT2D eigenvalue weighted by molar-refractivity contribution is 0.0545. The summed E-state index contributed by atoms with van der Waals surface area (Å²) in [7, 11) is 1.79. The molecule has 4 N–H and O–H groups in total. The molecule has 0 aromatic carbocycles. The van der Waals surface area contributed by atoms with Crippen molar-refractivity contribution in [3.05, 3.63) is 24.0 Å². The van der Waals surface area contributed by atoms with E-state index in [1.807, 2.05) is 0 Å². The van der Waals surface area contributed by atoms with E-state index in [0.717, 1.165) is 63.5 Å². The number of carbonyl (C=O) groups excluding carboxylic acids is 1. The summed E-state index contributed by atoms with van der Waals surface area (Å²) < 4.78 is 6.43. The molecule has 0 aliphatic heterocycles. The standard InChI is InChI=1S/C22H39N3O2/c1-4-7-19(8-5-2)27-20-9-6-14-22(15-20,16-25(3)21(24)26)17-10-12-18(23)13-11-17/h6,9,14,17-19H,4-5,7-8,10-13,15-16,23H2,1-3H3,(H2,24,26)/t17-,18+,22?. The number of hydrogen-bond donors (Lipinski definition) is 2. The Bertz CT molecular complexity index is 532. The van der Waals surface area contributed by atoms with Crippen LogP contribution in [0.4, 0.5) is 4.79 Å². The number of allylic oxidation sites excluding steroid dienone is 3. The highest BCUT2D eigenvalue weighted by molar-refractivity contribution is 5.71. The normalized spacial score (nSPS) is 28.1. The summed E-state index contributed by atoms with van der Waals surface area (Å²) in [6.45, 7) is 5.04. The van der Waals surface area contributed by atoms with Gasteiger partial charge in [-0.2, -0.15) is 0 Å². The van der Waals surface area contributed by atoms with Gasteiger partial charge in [0.2, 0.25) is 0 Å². The smallest absolute Gasteiger partial charge is 0.314 e. The first-order valence-electron chi connectivity index (χ1n) is 10.7. The average molecular weight is 378 g/mol. The molecule has 0 bridgehead atoms. The van der Waals surface area contributed by atoms with E-state index in [4.69, 9.17) is 16.2 Å². The van der Waals surface area contributed by atoms with E-state index in [-0.39, 0.29) is 17.6 Å². The number of urea groups is 1. The van der Waals surface area contributed by atoms with Crippen LogP contribution in [0.25, 0.3) is 0 Å². The van der Waals surface area contributed by atoms with Crippen LogP contribution in [0.1, 0.15) is 71.6 Å². The van der Waals surface area contributed by atoms with Crippen molar-refractivity contribution in [1.29, 1.82) is 0 Å². The molecular formula is C22H39N3O2. The van der Waals surface area contributed by atoms with Gasteiger partial charge in [0, 0.05) is 31.5 Å². The van der Waals surface area contributed by atoms with E-state index < -0.39 is 0 Å². The van der Waals surface area contributed by atoms with Crippen LogP contribution in [0.15, 0.2) is 24.0 Å². The fraction of sp³-hybridized carbons (Fsp3) is 0.773. The number of nitrogens with zero attached hydrogens (tertiary/aromatic N) is 1. The summed E-state index contributed by atoms with van der Waals surface area (Å²) in [6.07, 6.45) is 16.4. The Morgan fingerprint density at radius 2 is 1.89 bits per heavy atom. The van der Waals surface area contributed by atoms with E-state index in [1.54, 1.807) is 11.9 Å². The Morgan fingerprint density at radius 3 is 2.44 bits per heavy atom. The van der Waals surface area contributed by atoms with Gasteiger partial charge in [0.05, 0.1) is 11.9 Å². The van der Waals surface area contributed by atoms with Gasteiger partial charge in [-0.25, -0.2) is 4.79 Å². The van der Waals surface area contributed by atoms with Crippen LogP contribution in [-0.4, -0.2) is 36.7 Å². The second-order valence-corrected chi connectivity index (χ2v) is 8.53. The van der Waals surface area contributed by atoms with Crippen LogP contribution in [0.3, 0.4) is 0 Å². The molecule has 2 aliphatic rings. The van der Waals surface area contributed by atoms with Crippen LogP contribution in [0.5, 0.6) is 0 Å². The zero-order chi connectivity index (χ0) is 19.9. The summed E-state index contributed by atoms with van der Waals surface area (Å²) in [5.41, 5.74) is 11.6. The van der Waals surface area contributed by atoms with Crippen molar-refractivity contribution in [2.45, 2.75) is 83.8 Å². The molecule has 1 unspecified atom stereocenters. The molecule has 5 heteroatoms. The number of ether oxygens (including phenoxy) is 1. The van der Waals surface area contributed by atoms with Crippen LogP contribution < -0.4 is 11.5 Å². The lowest BCUT2D eigenvalue weighted by Crippen LogP contribution is -2.47. The Labute approximate surface area is 165 Å². The number of rotatable bonds is 9. The van der Waals surface area contributed by atoms with Gasteiger partial charge in [-0.1, -0.05) is 38.8 Å². The fourth-order valence-corrected chi connectivity index (χ4v) is 4.72. The molecule has 0 aromatic rings. The van der Waals surface area contributed by atoms with Crippen molar-refractivity contribution in [3.63, 3.8) is 0 Å². The second kappa shape index (κ2) is 10.2. The van der Waals surface area contributed by atoms with Gasteiger partial charge < -0.3 is 21.1 Å². The maximum absolute atomic E-state index is 11.7. The van der Waals surface area contributed by atoms with E-state index in [9.17, 15) is 4.79 Å². The summed E-state index contributed by atoms with van der Waals surface area (Å²) in [6, 6.07) is -0.0633. The van der Waals surface area contributed by atoms with Crippen molar-refractivity contribution < 1.29 is 9.53 Å². The number of amides is 2. The minimum atomic E-state index is -0.373. The number of carbonyl (C=O) groups is 1. The van der Waals surface area contributed by atoms with E-state index >= 15 is 0 Å². The van der Waals surface area contributed by atoms with Gasteiger partial charge in [0.15, 0.2) is 0 Å². The third-order valence-corrected chi connectivity index (χ3v) is 6.25. The highest BCUT2D eigenvalue weighted by Gasteiger charge is 2.42. The fourth-order valence-electron chi connectivity index (χ4n) is 4.72. The van der Waals surface area contributed by atoms with Gasteiger partial charge in [0.1, 0.15) is 0 Å². The third-order valence-electron chi connectivity index (χ3n) is 6.25. The quantitative estimate of drug-likeness (QED) is 0.627. The summed E-state index contributed by atoms with van der Waals surface area (Å²) >= 11 is 0. The zero-order valence-electron chi connectivity index (χ0n) is 17.5. The van der Waals surface area contributed by atoms with E-state index in [1.165, 1.54) is 0 Å². The number of primary amides is 1. The molecule has 27 heavy (non-hydrogen) atoms. The third kappa shape index (κ3) is 6.00. The van der Waals surface area contributed by atoms with Gasteiger partial charge in [-0.3, -0.25) is 0 Å². The molecule has 1 saturated carbocycles. The zero-order valence-corrected chi connectivity index (χ0v) is 17.5. The Hall–Kier alpha value is -1.49. The molecule has 0 heterocycles. The number of hydrogen-bond acceptors (Lipinski definition) is 3. The maximum Gasteiger partial charge on any atom is 0.314 e. The summed E-state index contributed by atoms with van der Waals surface area (Å²) in [5, 5.41) is 0. The lowest BCUT2D eigenvalue weighted by Gasteiger charge is -2.45. The molecule has 0 aromatic heterocycles. The Balaban J connectivity index is 2.17. The molecular weight excluding hydrogens is 338 g/mol. The molecule has 0 saturated heterocycles. The predicted molar refractivity (Wildman–Crippen MR) is 111 cm³/mol. The van der Waals surface area contributed by atoms with Crippen LogP contribution in [0, 0.1) is 11.3 Å². The maximum atomic E-state index is 11.7. The van der Waals surface area contributed by atoms with Crippen molar-refractivity contribution in [3.8, 4) is 0 Å². The van der Waals surface area contributed by atoms with Crippen molar-refractivity contribution in [2.24, 2.45) is 22.8 Å². The van der Waals surface area contributed by atoms with Crippen molar-refractivity contribution >= 4 is 6.03 Å². The summed E-state index contributed by atoms with van der Waals surface area (Å²) in [5.74, 6) is 1.55. The average Bonchev–Trinajstić information content (AvgIpc) is 2.63. The molecule has 2 aliphatic carbocycles. The highest BCUT2D eigenvalue weighted by Crippen LogP contribution is 2.46. The SMILES string of the molecule is CCCC(CCC)OC1=CC=CC(CN(C)C(N)=O)([C@H]2CC[C@@H](N)CC2)C1. The first-order chi connectivity index (χ1) is 12.9. The Morgan fingerprint density at radius 1 is 1.26 bits per heavy atom. The van der Waals surface area contributed by atoms with Crippen LogP contribution in [0.2, 0.25) is 0 Å². The molecule has 5 nitrogen and oxygen atoms in total. The molecule has 0 radical (unpaired) electrons. The number of nitrogens with two attached hydrogens (primary N) is 2. The topological polar surface area (TPSA) is 81.6 Å². The first-order valence-corrected chi connectivity index (χ1v) is 10.7. The minimum Gasteiger partial charge on any atom is -0.495 e. The van der Waals surface area contributed by atoms with Crippen LogP contribution >= 0.6 is 0 Å². The molecule has 0 spiro atoms. The van der Waals surface area contributed by atoms with Gasteiger partial charge in [0.25, 0.3) is 0 Å². The molecule has 154 valence electrons. The lowest BCUT2D eigenvalue weighted by atomic mass is 9.64. The monoisotopic (exact) mass is 377 g/mol. The predicted octanol–water partition coefficient (Wildman–Crippen LogP) is 4.33. The second-order valence-electron chi connectivity index (χ2n) is 8.53. The van der Waals surface area contributed by atoms with Crippen LogP contribution in [-0.2, 0) is 4.74 Å². The molecule has 1 atom stereocenters. The van der Waals surface area contributed by atoms with Crippen molar-refractivity contribution in [2.75, 3.05) is 13.6 Å². The minimum absolute atomic E-state index is 0.114. The Kier molecular flexibility index (Phi) is 8.21. The van der Waals surface area contributed by atoms with Gasteiger partial charge in [-0.15, -0.1) is 0 Å². The first kappa shape index (κ1) is 21.8. The van der Waals surface area contributed by atoms with Gasteiger partial charge >= 0.3 is 6.03 Å². The van der Waals surface area contributed by atoms with E-state index in [0.29, 0.717) is 18.5 Å².